The van der Waals surface area contributed by atoms with Gasteiger partial charge in [0.1, 0.15) is 5.82 Å². The van der Waals surface area contributed by atoms with Crippen LogP contribution in [-0.4, -0.2) is 28.8 Å². The van der Waals surface area contributed by atoms with E-state index < -0.39 is 5.91 Å². The van der Waals surface area contributed by atoms with E-state index in [1.165, 1.54) is 13.1 Å². The molecule has 0 spiro atoms. The van der Waals surface area contributed by atoms with E-state index in [0.717, 1.165) is 16.9 Å². The lowest BCUT2D eigenvalue weighted by Crippen LogP contribution is -2.22. The molecular weight excluding hydrogens is 368 g/mol. The predicted octanol–water partition coefficient (Wildman–Crippen LogP) is 2.91. The highest BCUT2D eigenvalue weighted by atomic mass is 16.2. The lowest BCUT2D eigenvalue weighted by atomic mass is 10.2. The molecule has 3 aromatic rings. The van der Waals surface area contributed by atoms with Crippen molar-refractivity contribution in [3.8, 4) is 0 Å². The monoisotopic (exact) mass is 390 g/mol. The molecule has 0 aliphatic carbocycles. The molecule has 0 radical (unpaired) electrons. The van der Waals surface area contributed by atoms with Crippen molar-refractivity contribution in [3.05, 3.63) is 71.9 Å². The molecule has 0 fully saturated rings. The maximum atomic E-state index is 11.7. The molecule has 0 atom stereocenters. The van der Waals surface area contributed by atoms with Gasteiger partial charge in [-0.05, 0) is 29.8 Å². The second-order valence-electron chi connectivity index (χ2n) is 6.41. The zero-order chi connectivity index (χ0) is 20.8. The van der Waals surface area contributed by atoms with Gasteiger partial charge in [0.2, 0.25) is 11.9 Å². The largest absolute Gasteiger partial charge is 0.365 e. The number of nitrogens with two attached hydrogens (primary N) is 1. The molecule has 3 rings (SSSR count). The highest BCUT2D eigenvalue weighted by molar-refractivity contribution is 5.97. The lowest BCUT2D eigenvalue weighted by molar-refractivity contribution is -0.116. The van der Waals surface area contributed by atoms with E-state index in [0.29, 0.717) is 18.3 Å². The summed E-state index contributed by atoms with van der Waals surface area (Å²) in [7, 11) is 1.71. The van der Waals surface area contributed by atoms with Crippen LogP contribution in [0.15, 0.2) is 60.8 Å². The van der Waals surface area contributed by atoms with E-state index in [2.05, 4.69) is 20.6 Å². The molecule has 0 saturated carbocycles. The molecule has 2 aromatic carbocycles. The standard InChI is InChI=1S/C21H22N6O2/c1-14(28)27(2)17-10-8-16(9-11-17)25-21-24-13-18(19(22)29)20(26-21)23-12-15-6-4-3-5-7-15/h3-11,13H,12H2,1-2H3,(H2,22,29)(H2,23,24,25,26). The van der Waals surface area contributed by atoms with Crippen LogP contribution < -0.4 is 21.3 Å². The SMILES string of the molecule is CC(=O)N(C)c1ccc(Nc2ncc(C(N)=O)c(NCc3ccccc3)n2)cc1. The third-order valence-corrected chi connectivity index (χ3v) is 4.34. The number of benzene rings is 2. The summed E-state index contributed by atoms with van der Waals surface area (Å²) in [5.41, 5.74) is 8.22. The van der Waals surface area contributed by atoms with E-state index in [-0.39, 0.29) is 11.5 Å². The number of aromatic nitrogens is 2. The van der Waals surface area contributed by atoms with Gasteiger partial charge >= 0.3 is 0 Å². The minimum Gasteiger partial charge on any atom is -0.365 e. The maximum absolute atomic E-state index is 11.7. The maximum Gasteiger partial charge on any atom is 0.254 e. The van der Waals surface area contributed by atoms with Crippen LogP contribution in [0, 0.1) is 0 Å². The Bertz CT molecular complexity index is 1010. The van der Waals surface area contributed by atoms with Crippen molar-refractivity contribution in [2.75, 3.05) is 22.6 Å². The summed E-state index contributed by atoms with van der Waals surface area (Å²) in [6.07, 6.45) is 1.39. The number of hydrogen-bond acceptors (Lipinski definition) is 6. The smallest absolute Gasteiger partial charge is 0.254 e. The average Bonchev–Trinajstić information content (AvgIpc) is 2.73. The van der Waals surface area contributed by atoms with Gasteiger partial charge in [-0.1, -0.05) is 30.3 Å². The van der Waals surface area contributed by atoms with Crippen molar-refractivity contribution < 1.29 is 9.59 Å². The van der Waals surface area contributed by atoms with E-state index in [4.69, 9.17) is 5.73 Å². The second kappa shape index (κ2) is 8.83. The number of amides is 2. The van der Waals surface area contributed by atoms with Gasteiger partial charge < -0.3 is 21.3 Å². The Labute approximate surface area is 168 Å². The van der Waals surface area contributed by atoms with Crippen LogP contribution in [0.2, 0.25) is 0 Å². The molecule has 1 heterocycles. The van der Waals surface area contributed by atoms with Crippen molar-refractivity contribution >= 4 is 35.0 Å². The van der Waals surface area contributed by atoms with Gasteiger partial charge in [0.05, 0.1) is 5.56 Å². The number of carbonyl (C=O) groups is 2. The molecular formula is C21H22N6O2. The molecule has 29 heavy (non-hydrogen) atoms. The summed E-state index contributed by atoms with van der Waals surface area (Å²) in [4.78, 5) is 33.3. The Morgan fingerprint density at radius 1 is 1.07 bits per heavy atom. The van der Waals surface area contributed by atoms with Gasteiger partial charge in [-0.25, -0.2) is 4.98 Å². The number of nitrogens with one attached hydrogen (secondary N) is 2. The first-order chi connectivity index (χ1) is 13.9. The Morgan fingerprint density at radius 2 is 1.76 bits per heavy atom. The van der Waals surface area contributed by atoms with Crippen molar-refractivity contribution in [1.82, 2.24) is 9.97 Å². The van der Waals surface area contributed by atoms with Crippen molar-refractivity contribution in [2.45, 2.75) is 13.5 Å². The molecule has 8 heteroatoms. The molecule has 0 bridgehead atoms. The first-order valence-electron chi connectivity index (χ1n) is 9.00. The Morgan fingerprint density at radius 3 is 2.38 bits per heavy atom. The predicted molar refractivity (Wildman–Crippen MR) is 113 cm³/mol. The van der Waals surface area contributed by atoms with Crippen LogP contribution in [0.5, 0.6) is 0 Å². The molecule has 4 N–H and O–H groups in total. The Hall–Kier alpha value is -3.94. The van der Waals surface area contributed by atoms with Crippen LogP contribution in [0.1, 0.15) is 22.8 Å². The van der Waals surface area contributed by atoms with Crippen LogP contribution in [-0.2, 0) is 11.3 Å². The number of carbonyl (C=O) groups excluding carboxylic acids is 2. The van der Waals surface area contributed by atoms with E-state index in [9.17, 15) is 9.59 Å². The third kappa shape index (κ3) is 5.07. The highest BCUT2D eigenvalue weighted by Gasteiger charge is 2.12. The molecule has 0 saturated heterocycles. The van der Waals surface area contributed by atoms with Crippen molar-refractivity contribution in [3.63, 3.8) is 0 Å². The fourth-order valence-corrected chi connectivity index (χ4v) is 2.62. The van der Waals surface area contributed by atoms with Gasteiger partial charge in [-0.3, -0.25) is 9.59 Å². The van der Waals surface area contributed by atoms with Crippen LogP contribution in [0.4, 0.5) is 23.1 Å². The van der Waals surface area contributed by atoms with Gasteiger partial charge in [-0.15, -0.1) is 0 Å². The number of nitrogens with zero attached hydrogens (tertiary/aromatic N) is 3. The fraction of sp³-hybridized carbons (Fsp3) is 0.143. The Kier molecular flexibility index (Phi) is 6.03. The third-order valence-electron chi connectivity index (χ3n) is 4.34. The highest BCUT2D eigenvalue weighted by Crippen LogP contribution is 2.21. The van der Waals surface area contributed by atoms with Crippen LogP contribution in [0.25, 0.3) is 0 Å². The molecule has 148 valence electrons. The minimum absolute atomic E-state index is 0.0507. The van der Waals surface area contributed by atoms with E-state index in [1.54, 1.807) is 11.9 Å². The molecule has 2 amide bonds. The first-order valence-corrected chi connectivity index (χ1v) is 9.00. The normalized spacial score (nSPS) is 10.3. The summed E-state index contributed by atoms with van der Waals surface area (Å²) >= 11 is 0. The van der Waals surface area contributed by atoms with Crippen molar-refractivity contribution in [1.29, 1.82) is 0 Å². The average molecular weight is 390 g/mol. The second-order valence-corrected chi connectivity index (χ2v) is 6.41. The number of anilines is 4. The number of rotatable bonds is 7. The van der Waals surface area contributed by atoms with Crippen molar-refractivity contribution in [2.24, 2.45) is 5.73 Å². The van der Waals surface area contributed by atoms with E-state index >= 15 is 0 Å². The quantitative estimate of drug-likeness (QED) is 0.572. The summed E-state index contributed by atoms with van der Waals surface area (Å²) in [6, 6.07) is 17.0. The van der Waals surface area contributed by atoms with E-state index in [1.807, 2.05) is 54.6 Å². The molecule has 8 nitrogen and oxygen atoms in total. The summed E-state index contributed by atoms with van der Waals surface area (Å²) < 4.78 is 0. The Balaban J connectivity index is 1.77. The molecule has 0 unspecified atom stereocenters. The lowest BCUT2D eigenvalue weighted by Gasteiger charge is -2.15. The van der Waals surface area contributed by atoms with Gasteiger partial charge in [0, 0.05) is 38.1 Å². The summed E-state index contributed by atoms with van der Waals surface area (Å²) in [6.45, 7) is 1.99. The van der Waals surface area contributed by atoms with Crippen LogP contribution >= 0.6 is 0 Å². The molecule has 0 aliphatic heterocycles. The molecule has 0 aliphatic rings. The first kappa shape index (κ1) is 19.8. The number of primary amides is 1. The van der Waals surface area contributed by atoms with Gasteiger partial charge in [-0.2, -0.15) is 4.98 Å². The summed E-state index contributed by atoms with van der Waals surface area (Å²) in [5.74, 6) is 0.0129. The molecule has 1 aromatic heterocycles. The zero-order valence-electron chi connectivity index (χ0n) is 16.2. The van der Waals surface area contributed by atoms with Gasteiger partial charge in [0.25, 0.3) is 5.91 Å². The zero-order valence-corrected chi connectivity index (χ0v) is 16.2. The minimum atomic E-state index is -0.608. The fourth-order valence-electron chi connectivity index (χ4n) is 2.62. The number of hydrogen-bond donors (Lipinski definition) is 3. The topological polar surface area (TPSA) is 113 Å². The van der Waals surface area contributed by atoms with Gasteiger partial charge in [0.15, 0.2) is 0 Å². The van der Waals surface area contributed by atoms with Crippen LogP contribution in [0.3, 0.4) is 0 Å². The summed E-state index contributed by atoms with van der Waals surface area (Å²) in [5, 5.41) is 6.22.